The second kappa shape index (κ2) is 4.19. The van der Waals surface area contributed by atoms with E-state index in [4.69, 9.17) is 5.73 Å². The SMILES string of the molecule is C=c1/c(=C\C=C/C)c(N)cc2cccnc12. The summed E-state index contributed by atoms with van der Waals surface area (Å²) in [4.78, 5) is 4.33. The van der Waals surface area contributed by atoms with E-state index in [1.807, 2.05) is 43.4 Å². The Morgan fingerprint density at radius 2 is 2.25 bits per heavy atom. The first-order valence-corrected chi connectivity index (χ1v) is 5.19. The van der Waals surface area contributed by atoms with Crippen molar-refractivity contribution in [2.24, 2.45) is 0 Å². The Hall–Kier alpha value is -2.09. The Kier molecular flexibility index (Phi) is 2.73. The van der Waals surface area contributed by atoms with Crippen LogP contribution in [-0.2, 0) is 0 Å². The third-order valence-electron chi connectivity index (χ3n) is 2.53. The number of nitrogens with two attached hydrogens (primary N) is 1. The molecule has 2 nitrogen and oxygen atoms in total. The van der Waals surface area contributed by atoms with E-state index in [2.05, 4.69) is 11.6 Å². The minimum absolute atomic E-state index is 0.739. The number of nitrogen functional groups attached to an aromatic ring is 1. The number of allylic oxidation sites excluding steroid dienone is 2. The van der Waals surface area contributed by atoms with Crippen LogP contribution >= 0.6 is 0 Å². The Bertz CT molecular complexity index is 654. The molecule has 0 aliphatic carbocycles. The summed E-state index contributed by atoms with van der Waals surface area (Å²) in [5.41, 5.74) is 7.64. The maximum absolute atomic E-state index is 6.00. The Balaban J connectivity index is 2.92. The molecule has 2 heteroatoms. The van der Waals surface area contributed by atoms with Crippen LogP contribution < -0.4 is 16.2 Å². The van der Waals surface area contributed by atoms with Gasteiger partial charge in [0.15, 0.2) is 0 Å². The highest BCUT2D eigenvalue weighted by atomic mass is 14.7. The third-order valence-corrected chi connectivity index (χ3v) is 2.53. The van der Waals surface area contributed by atoms with E-state index in [1.165, 1.54) is 0 Å². The third kappa shape index (κ3) is 1.70. The molecule has 0 radical (unpaired) electrons. The Labute approximate surface area is 94.4 Å². The Morgan fingerprint density at radius 3 is 3.00 bits per heavy atom. The van der Waals surface area contributed by atoms with Crippen molar-refractivity contribution in [2.45, 2.75) is 6.92 Å². The lowest BCUT2D eigenvalue weighted by Crippen LogP contribution is -2.27. The fourth-order valence-corrected chi connectivity index (χ4v) is 1.72. The van der Waals surface area contributed by atoms with Gasteiger partial charge < -0.3 is 5.73 Å². The summed E-state index contributed by atoms with van der Waals surface area (Å²) in [6, 6.07) is 5.83. The van der Waals surface area contributed by atoms with Crippen LogP contribution in [0.4, 0.5) is 5.69 Å². The first kappa shape index (κ1) is 10.4. The smallest absolute Gasteiger partial charge is 0.0775 e. The number of rotatable bonds is 1. The van der Waals surface area contributed by atoms with Gasteiger partial charge in [-0.2, -0.15) is 0 Å². The van der Waals surface area contributed by atoms with Gasteiger partial charge in [0.1, 0.15) is 0 Å². The predicted molar refractivity (Wildman–Crippen MR) is 70.2 cm³/mol. The number of anilines is 1. The molecular formula is C14H14N2. The van der Waals surface area contributed by atoms with Crippen LogP contribution in [0.2, 0.25) is 0 Å². The van der Waals surface area contributed by atoms with E-state index in [0.717, 1.165) is 27.0 Å². The molecule has 80 valence electrons. The molecule has 1 aromatic heterocycles. The van der Waals surface area contributed by atoms with Gasteiger partial charge in [-0.3, -0.25) is 4.98 Å². The number of aromatic nitrogens is 1. The molecule has 2 aromatic rings. The van der Waals surface area contributed by atoms with Crippen molar-refractivity contribution in [2.75, 3.05) is 5.73 Å². The second-order valence-electron chi connectivity index (χ2n) is 3.63. The zero-order valence-corrected chi connectivity index (χ0v) is 9.27. The molecule has 1 aromatic carbocycles. The van der Waals surface area contributed by atoms with E-state index >= 15 is 0 Å². The monoisotopic (exact) mass is 210 g/mol. The number of hydrogen-bond donors (Lipinski definition) is 1. The van der Waals surface area contributed by atoms with Gasteiger partial charge in [-0.15, -0.1) is 0 Å². The van der Waals surface area contributed by atoms with Crippen molar-refractivity contribution in [1.29, 1.82) is 0 Å². The first-order valence-electron chi connectivity index (χ1n) is 5.19. The molecule has 0 amide bonds. The Morgan fingerprint density at radius 1 is 1.44 bits per heavy atom. The molecule has 2 rings (SSSR count). The number of benzene rings is 1. The van der Waals surface area contributed by atoms with Gasteiger partial charge in [0.05, 0.1) is 5.52 Å². The van der Waals surface area contributed by atoms with Gasteiger partial charge in [0, 0.05) is 27.7 Å². The molecule has 0 aliphatic rings. The summed E-state index contributed by atoms with van der Waals surface area (Å²) in [5.74, 6) is 0. The van der Waals surface area contributed by atoms with E-state index in [-0.39, 0.29) is 0 Å². The topological polar surface area (TPSA) is 38.9 Å². The first-order chi connectivity index (χ1) is 7.74. The molecule has 16 heavy (non-hydrogen) atoms. The summed E-state index contributed by atoms with van der Waals surface area (Å²) in [7, 11) is 0. The minimum atomic E-state index is 0.739. The lowest BCUT2D eigenvalue weighted by atomic mass is 10.1. The van der Waals surface area contributed by atoms with Crippen LogP contribution in [-0.4, -0.2) is 4.98 Å². The van der Waals surface area contributed by atoms with Crippen molar-refractivity contribution in [3.05, 3.63) is 47.0 Å². The van der Waals surface area contributed by atoms with Gasteiger partial charge in [-0.1, -0.05) is 30.9 Å². The maximum atomic E-state index is 6.00. The minimum Gasteiger partial charge on any atom is -0.398 e. The average Bonchev–Trinajstić information content (AvgIpc) is 2.29. The van der Waals surface area contributed by atoms with Gasteiger partial charge in [-0.05, 0) is 19.1 Å². The van der Waals surface area contributed by atoms with Crippen LogP contribution in [0.15, 0.2) is 36.5 Å². The number of pyridine rings is 1. The summed E-state index contributed by atoms with van der Waals surface area (Å²) in [6.45, 7) is 6.02. The summed E-state index contributed by atoms with van der Waals surface area (Å²) < 4.78 is 0. The fraction of sp³-hybridized carbons (Fsp3) is 0.0714. The normalized spacial score (nSPS) is 12.7. The molecule has 0 saturated heterocycles. The lowest BCUT2D eigenvalue weighted by Gasteiger charge is -2.01. The highest BCUT2D eigenvalue weighted by molar-refractivity contribution is 5.83. The average molecular weight is 210 g/mol. The maximum Gasteiger partial charge on any atom is 0.0775 e. The van der Waals surface area contributed by atoms with E-state index in [0.29, 0.717) is 0 Å². The van der Waals surface area contributed by atoms with Gasteiger partial charge >= 0.3 is 0 Å². The fourth-order valence-electron chi connectivity index (χ4n) is 1.72. The quantitative estimate of drug-likeness (QED) is 0.726. The molecule has 0 atom stereocenters. The predicted octanol–water partition coefficient (Wildman–Crippen LogP) is 1.58. The summed E-state index contributed by atoms with van der Waals surface area (Å²) in [5, 5.41) is 2.86. The molecule has 0 spiro atoms. The van der Waals surface area contributed by atoms with Gasteiger partial charge in [0.25, 0.3) is 0 Å². The zero-order valence-electron chi connectivity index (χ0n) is 9.27. The van der Waals surface area contributed by atoms with Crippen LogP contribution in [0.3, 0.4) is 0 Å². The van der Waals surface area contributed by atoms with Crippen molar-refractivity contribution in [3.8, 4) is 0 Å². The van der Waals surface area contributed by atoms with Crippen LogP contribution in [0.25, 0.3) is 23.6 Å². The molecule has 0 unspecified atom stereocenters. The highest BCUT2D eigenvalue weighted by Crippen LogP contribution is 2.07. The van der Waals surface area contributed by atoms with Gasteiger partial charge in [0.2, 0.25) is 0 Å². The summed E-state index contributed by atoms with van der Waals surface area (Å²) >= 11 is 0. The lowest BCUT2D eigenvalue weighted by molar-refractivity contribution is 1.38. The van der Waals surface area contributed by atoms with Crippen molar-refractivity contribution < 1.29 is 0 Å². The van der Waals surface area contributed by atoms with E-state index in [9.17, 15) is 0 Å². The largest absolute Gasteiger partial charge is 0.398 e. The number of hydrogen-bond acceptors (Lipinski definition) is 2. The highest BCUT2D eigenvalue weighted by Gasteiger charge is 1.98. The molecule has 2 N–H and O–H groups in total. The van der Waals surface area contributed by atoms with Crippen molar-refractivity contribution >= 4 is 29.2 Å². The molecule has 1 heterocycles. The molecule has 0 aliphatic heterocycles. The van der Waals surface area contributed by atoms with Crippen LogP contribution in [0.1, 0.15) is 6.92 Å². The van der Waals surface area contributed by atoms with Crippen molar-refractivity contribution in [3.63, 3.8) is 0 Å². The number of fused-ring (bicyclic) bond motifs is 1. The second-order valence-corrected chi connectivity index (χ2v) is 3.63. The van der Waals surface area contributed by atoms with E-state index in [1.54, 1.807) is 6.20 Å². The standard InChI is InChI=1S/C14H14N2/c1-3-4-7-12-10(2)14-11(9-13(12)15)6-5-8-16-14/h3-9H,2,15H2,1H3/b4-3-,12-7+. The van der Waals surface area contributed by atoms with Crippen molar-refractivity contribution in [1.82, 2.24) is 4.98 Å². The molecular weight excluding hydrogens is 196 g/mol. The zero-order chi connectivity index (χ0) is 11.5. The van der Waals surface area contributed by atoms with Crippen LogP contribution in [0.5, 0.6) is 0 Å². The van der Waals surface area contributed by atoms with Crippen LogP contribution in [0, 0.1) is 0 Å². The molecule has 0 saturated carbocycles. The van der Waals surface area contributed by atoms with Gasteiger partial charge in [-0.25, -0.2) is 0 Å². The number of nitrogens with zero attached hydrogens (tertiary/aromatic N) is 1. The summed E-state index contributed by atoms with van der Waals surface area (Å²) in [6.07, 6.45) is 7.65. The molecule has 0 fully saturated rings. The molecule has 0 bridgehead atoms. The van der Waals surface area contributed by atoms with E-state index < -0.39 is 0 Å².